The van der Waals surface area contributed by atoms with E-state index in [1.165, 1.54) is 18.5 Å². The van der Waals surface area contributed by atoms with E-state index in [0.29, 0.717) is 36.0 Å². The van der Waals surface area contributed by atoms with Crippen LogP contribution in [0.2, 0.25) is 0 Å². The molecular weight excluding hydrogens is 396 g/mol. The fourth-order valence-corrected chi connectivity index (χ4v) is 3.67. The highest BCUT2D eigenvalue weighted by Gasteiger charge is 2.26. The SMILES string of the molecule is CC(C)C1C=C(CNc2nc(Nc3cc(C4CC4)[nH]n3)cc(OC3CCNC3)n2)ON1. The normalized spacial score (nSPS) is 23.0. The summed E-state index contributed by atoms with van der Waals surface area (Å²) in [7, 11) is 0. The maximum absolute atomic E-state index is 6.09. The molecule has 1 saturated heterocycles. The molecule has 2 unspecified atom stereocenters. The largest absolute Gasteiger partial charge is 0.473 e. The molecule has 166 valence electrons. The number of aromatic amines is 1. The Morgan fingerprint density at radius 3 is 2.84 bits per heavy atom. The van der Waals surface area contributed by atoms with Gasteiger partial charge in [-0.05, 0) is 37.8 Å². The Balaban J connectivity index is 1.30. The zero-order chi connectivity index (χ0) is 21.2. The van der Waals surface area contributed by atoms with Gasteiger partial charge in [0.2, 0.25) is 11.8 Å². The number of aromatic nitrogens is 4. The van der Waals surface area contributed by atoms with Gasteiger partial charge in [-0.3, -0.25) is 5.10 Å². The minimum atomic E-state index is 0.110. The minimum absolute atomic E-state index is 0.110. The van der Waals surface area contributed by atoms with Crippen LogP contribution in [0.3, 0.4) is 0 Å². The second-order valence-electron chi connectivity index (χ2n) is 8.73. The maximum atomic E-state index is 6.09. The summed E-state index contributed by atoms with van der Waals surface area (Å²) in [5.41, 5.74) is 4.20. The number of hydroxylamine groups is 1. The Hall–Kier alpha value is -2.85. The van der Waals surface area contributed by atoms with Gasteiger partial charge < -0.3 is 25.5 Å². The molecule has 2 aliphatic heterocycles. The van der Waals surface area contributed by atoms with Gasteiger partial charge in [-0.1, -0.05) is 13.8 Å². The summed E-state index contributed by atoms with van der Waals surface area (Å²) in [6.07, 6.45) is 5.61. The molecule has 0 aromatic carbocycles. The van der Waals surface area contributed by atoms with Crippen LogP contribution in [0.5, 0.6) is 5.88 Å². The van der Waals surface area contributed by atoms with E-state index in [0.717, 1.165) is 31.1 Å². The molecule has 2 atom stereocenters. The second kappa shape index (κ2) is 8.72. The van der Waals surface area contributed by atoms with Crippen LogP contribution in [0, 0.1) is 5.92 Å². The topological polar surface area (TPSA) is 121 Å². The van der Waals surface area contributed by atoms with E-state index in [1.54, 1.807) is 0 Å². The van der Waals surface area contributed by atoms with Gasteiger partial charge in [0.25, 0.3) is 0 Å². The molecule has 10 heteroatoms. The summed E-state index contributed by atoms with van der Waals surface area (Å²) in [5, 5.41) is 17.3. The maximum Gasteiger partial charge on any atom is 0.228 e. The zero-order valence-corrected chi connectivity index (χ0v) is 17.9. The van der Waals surface area contributed by atoms with Crippen LogP contribution in [0.25, 0.3) is 0 Å². The van der Waals surface area contributed by atoms with Crippen molar-refractivity contribution >= 4 is 17.6 Å². The van der Waals surface area contributed by atoms with Gasteiger partial charge in [0, 0.05) is 30.3 Å². The van der Waals surface area contributed by atoms with Crippen molar-refractivity contribution in [3.05, 3.63) is 29.7 Å². The number of nitrogens with zero attached hydrogens (tertiary/aromatic N) is 3. The number of nitrogens with one attached hydrogen (secondary N) is 5. The average Bonchev–Trinajstić information content (AvgIpc) is 3.12. The number of rotatable bonds is 9. The quantitative estimate of drug-likeness (QED) is 0.411. The average molecular weight is 427 g/mol. The van der Waals surface area contributed by atoms with E-state index in [-0.39, 0.29) is 12.1 Å². The van der Waals surface area contributed by atoms with E-state index < -0.39 is 0 Å². The van der Waals surface area contributed by atoms with Crippen LogP contribution in [0.15, 0.2) is 24.0 Å². The molecular formula is C21H30N8O2. The first-order valence-electron chi connectivity index (χ1n) is 11.1. The first kappa shape index (κ1) is 20.1. The fraction of sp³-hybridized carbons (Fsp3) is 0.571. The Morgan fingerprint density at radius 1 is 1.19 bits per heavy atom. The molecule has 0 radical (unpaired) electrons. The summed E-state index contributed by atoms with van der Waals surface area (Å²) in [5.74, 6) is 4.27. The van der Waals surface area contributed by atoms with E-state index in [9.17, 15) is 0 Å². The molecule has 1 saturated carbocycles. The smallest absolute Gasteiger partial charge is 0.228 e. The Kier molecular flexibility index (Phi) is 5.65. The number of hydrogen-bond acceptors (Lipinski definition) is 9. The Bertz CT molecular complexity index is 933. The Morgan fingerprint density at radius 2 is 2.10 bits per heavy atom. The highest BCUT2D eigenvalue weighted by Crippen LogP contribution is 2.39. The summed E-state index contributed by atoms with van der Waals surface area (Å²) in [6, 6.07) is 4.07. The molecule has 2 aromatic rings. The van der Waals surface area contributed by atoms with Gasteiger partial charge in [-0.25, -0.2) is 0 Å². The molecule has 0 bridgehead atoms. The number of hydrogen-bond donors (Lipinski definition) is 5. The molecule has 5 N–H and O–H groups in total. The number of ether oxygens (including phenoxy) is 1. The van der Waals surface area contributed by atoms with Crippen LogP contribution >= 0.6 is 0 Å². The molecule has 4 heterocycles. The van der Waals surface area contributed by atoms with Gasteiger partial charge in [-0.2, -0.15) is 15.1 Å². The van der Waals surface area contributed by atoms with Gasteiger partial charge >= 0.3 is 0 Å². The number of H-pyrrole nitrogens is 1. The third kappa shape index (κ3) is 5.08. The molecule has 0 spiro atoms. The van der Waals surface area contributed by atoms with Crippen molar-refractivity contribution in [3.63, 3.8) is 0 Å². The summed E-state index contributed by atoms with van der Waals surface area (Å²) >= 11 is 0. The summed E-state index contributed by atoms with van der Waals surface area (Å²) < 4.78 is 6.09. The molecule has 10 nitrogen and oxygen atoms in total. The molecule has 0 amide bonds. The van der Waals surface area contributed by atoms with Crippen LogP contribution < -0.4 is 26.2 Å². The molecule has 2 fully saturated rings. The molecule has 3 aliphatic rings. The van der Waals surface area contributed by atoms with Gasteiger partial charge in [0.1, 0.15) is 17.7 Å². The van der Waals surface area contributed by atoms with Crippen molar-refractivity contribution in [2.45, 2.75) is 51.2 Å². The van der Waals surface area contributed by atoms with E-state index in [4.69, 9.17) is 9.57 Å². The first-order chi connectivity index (χ1) is 15.1. The van der Waals surface area contributed by atoms with Crippen LogP contribution in [-0.4, -0.2) is 51.9 Å². The van der Waals surface area contributed by atoms with Gasteiger partial charge in [0.15, 0.2) is 5.82 Å². The minimum Gasteiger partial charge on any atom is -0.473 e. The van der Waals surface area contributed by atoms with Crippen molar-refractivity contribution in [2.24, 2.45) is 5.92 Å². The van der Waals surface area contributed by atoms with E-state index >= 15 is 0 Å². The second-order valence-corrected chi connectivity index (χ2v) is 8.73. The predicted octanol–water partition coefficient (Wildman–Crippen LogP) is 2.42. The van der Waals surface area contributed by atoms with Crippen LogP contribution in [0.4, 0.5) is 17.6 Å². The number of anilines is 3. The third-order valence-corrected chi connectivity index (χ3v) is 5.71. The predicted molar refractivity (Wildman–Crippen MR) is 117 cm³/mol. The molecule has 1 aliphatic carbocycles. The van der Waals surface area contributed by atoms with Crippen LogP contribution in [0.1, 0.15) is 44.7 Å². The molecule has 31 heavy (non-hydrogen) atoms. The van der Waals surface area contributed by atoms with Crippen molar-refractivity contribution in [3.8, 4) is 5.88 Å². The van der Waals surface area contributed by atoms with E-state index in [2.05, 4.69) is 61.5 Å². The highest BCUT2D eigenvalue weighted by atomic mass is 16.7. The van der Waals surface area contributed by atoms with Crippen molar-refractivity contribution in [1.29, 1.82) is 0 Å². The van der Waals surface area contributed by atoms with Crippen molar-refractivity contribution in [1.82, 2.24) is 31.0 Å². The Labute approximate surface area is 181 Å². The van der Waals surface area contributed by atoms with E-state index in [1.807, 2.05) is 12.1 Å². The van der Waals surface area contributed by atoms with Crippen molar-refractivity contribution in [2.75, 3.05) is 30.3 Å². The third-order valence-electron chi connectivity index (χ3n) is 5.71. The lowest BCUT2D eigenvalue weighted by molar-refractivity contribution is 0.104. The molecule has 2 aromatic heterocycles. The fourth-order valence-electron chi connectivity index (χ4n) is 3.67. The first-order valence-corrected chi connectivity index (χ1v) is 11.1. The lowest BCUT2D eigenvalue weighted by Gasteiger charge is -2.14. The summed E-state index contributed by atoms with van der Waals surface area (Å²) in [6.45, 7) is 6.56. The monoisotopic (exact) mass is 426 g/mol. The highest BCUT2D eigenvalue weighted by molar-refractivity contribution is 5.55. The van der Waals surface area contributed by atoms with Gasteiger partial charge in [0.05, 0.1) is 12.6 Å². The van der Waals surface area contributed by atoms with Gasteiger partial charge in [-0.15, -0.1) is 5.48 Å². The van der Waals surface area contributed by atoms with Crippen LogP contribution in [-0.2, 0) is 4.84 Å². The standard InChI is InChI=1S/C21H30N8O2/c1-12(2)16-7-15(31-29-16)11-23-21-25-18(9-20(26-21)30-14-5-6-22-10-14)24-19-8-17(27-28-19)13-3-4-13/h7-9,12-14,16,22,29H,3-6,10-11H2,1-2H3,(H3,23,24,25,26,27,28). The van der Waals surface area contributed by atoms with Crippen molar-refractivity contribution < 1.29 is 9.57 Å². The lowest BCUT2D eigenvalue weighted by atomic mass is 10.1. The zero-order valence-electron chi connectivity index (χ0n) is 17.9. The summed E-state index contributed by atoms with van der Waals surface area (Å²) in [4.78, 5) is 14.7. The molecule has 5 rings (SSSR count). The lowest BCUT2D eigenvalue weighted by Crippen LogP contribution is -2.26.